The number of rotatable bonds is 8. The molecular formula is C23H29N3O5S2. The molecule has 2 saturated heterocycles. The molecule has 0 aliphatic carbocycles. The zero-order chi connectivity index (χ0) is 23.8. The summed E-state index contributed by atoms with van der Waals surface area (Å²) in [6.45, 7) is 6.96. The Labute approximate surface area is 203 Å². The van der Waals surface area contributed by atoms with Crippen molar-refractivity contribution in [1.29, 1.82) is 0 Å². The molecule has 0 spiro atoms. The molecule has 0 saturated carbocycles. The maximum atomic E-state index is 12.8. The summed E-state index contributed by atoms with van der Waals surface area (Å²) >= 11 is 6.67. The molecule has 3 rings (SSSR count). The molecule has 2 fully saturated rings. The smallest absolute Gasteiger partial charge is 0.409 e. The summed E-state index contributed by atoms with van der Waals surface area (Å²) in [6.07, 6.45) is 2.34. The first-order valence-electron chi connectivity index (χ1n) is 11.1. The second-order valence-electron chi connectivity index (χ2n) is 7.51. The van der Waals surface area contributed by atoms with Gasteiger partial charge in [0.1, 0.15) is 10.1 Å². The van der Waals surface area contributed by atoms with Gasteiger partial charge in [-0.25, -0.2) is 4.79 Å². The first-order valence-corrected chi connectivity index (χ1v) is 12.3. The van der Waals surface area contributed by atoms with Crippen LogP contribution in [0.1, 0.15) is 32.3 Å². The van der Waals surface area contributed by atoms with Gasteiger partial charge in [0.2, 0.25) is 5.91 Å². The molecule has 2 aliphatic heterocycles. The first-order chi connectivity index (χ1) is 15.9. The minimum atomic E-state index is -0.336. The van der Waals surface area contributed by atoms with Crippen LogP contribution in [0.5, 0.6) is 5.75 Å². The van der Waals surface area contributed by atoms with Crippen LogP contribution in [0.15, 0.2) is 29.2 Å². The fourth-order valence-electron chi connectivity index (χ4n) is 3.57. The predicted octanol–water partition coefficient (Wildman–Crippen LogP) is 3.37. The summed E-state index contributed by atoms with van der Waals surface area (Å²) in [7, 11) is 0. The number of benzene rings is 1. The summed E-state index contributed by atoms with van der Waals surface area (Å²) in [6, 6.07) is 7.54. The second kappa shape index (κ2) is 12.0. The third-order valence-corrected chi connectivity index (χ3v) is 6.67. The molecule has 0 aromatic heterocycles. The van der Waals surface area contributed by atoms with Crippen molar-refractivity contribution in [3.05, 3.63) is 34.7 Å². The van der Waals surface area contributed by atoms with Gasteiger partial charge in [0.15, 0.2) is 0 Å². The molecule has 0 N–H and O–H groups in total. The maximum Gasteiger partial charge on any atom is 0.409 e. The number of carbonyl (C=O) groups excluding carboxylic acids is 3. The summed E-state index contributed by atoms with van der Waals surface area (Å²) < 4.78 is 11.0. The molecule has 1 aromatic rings. The first kappa shape index (κ1) is 25.0. The van der Waals surface area contributed by atoms with Gasteiger partial charge < -0.3 is 19.3 Å². The zero-order valence-electron chi connectivity index (χ0n) is 19.0. The van der Waals surface area contributed by atoms with Gasteiger partial charge in [-0.2, -0.15) is 0 Å². The van der Waals surface area contributed by atoms with Crippen LogP contribution >= 0.6 is 24.0 Å². The molecule has 0 bridgehead atoms. The number of thioether (sulfide) groups is 1. The number of piperazine rings is 1. The van der Waals surface area contributed by atoms with Gasteiger partial charge in [-0.15, -0.1) is 0 Å². The van der Waals surface area contributed by atoms with Gasteiger partial charge >= 0.3 is 6.09 Å². The molecule has 3 amide bonds. The lowest BCUT2D eigenvalue weighted by molar-refractivity contribution is -0.133. The van der Waals surface area contributed by atoms with Crippen LogP contribution in [0.3, 0.4) is 0 Å². The van der Waals surface area contributed by atoms with Gasteiger partial charge in [-0.05, 0) is 44.0 Å². The average molecular weight is 492 g/mol. The maximum absolute atomic E-state index is 12.8. The fraction of sp³-hybridized carbons (Fsp3) is 0.478. The molecule has 0 atom stereocenters. The third-order valence-electron chi connectivity index (χ3n) is 5.29. The number of carbonyl (C=O) groups is 3. The van der Waals surface area contributed by atoms with E-state index in [1.165, 1.54) is 11.8 Å². The molecule has 1 aromatic carbocycles. The van der Waals surface area contributed by atoms with Gasteiger partial charge in [-0.1, -0.05) is 36.1 Å². The highest BCUT2D eigenvalue weighted by Gasteiger charge is 2.32. The van der Waals surface area contributed by atoms with Crippen LogP contribution in [0.2, 0.25) is 0 Å². The van der Waals surface area contributed by atoms with E-state index in [0.29, 0.717) is 68.0 Å². The highest BCUT2D eigenvalue weighted by molar-refractivity contribution is 8.26. The lowest BCUT2D eigenvalue weighted by Crippen LogP contribution is -2.50. The van der Waals surface area contributed by atoms with Crippen molar-refractivity contribution in [1.82, 2.24) is 14.7 Å². The van der Waals surface area contributed by atoms with Crippen LogP contribution in [-0.4, -0.2) is 82.9 Å². The SMILES string of the molecule is CCOC(=O)N1CCN(C(=O)CCCN2C(=O)/C(=C\c3ccc(OCC)cc3)SC2=S)CC1. The molecule has 2 aliphatic rings. The Bertz CT molecular complexity index is 911. The highest BCUT2D eigenvalue weighted by Crippen LogP contribution is 2.33. The van der Waals surface area contributed by atoms with Crippen molar-refractivity contribution in [2.75, 3.05) is 45.9 Å². The van der Waals surface area contributed by atoms with Gasteiger partial charge in [-0.3, -0.25) is 14.5 Å². The minimum Gasteiger partial charge on any atom is -0.494 e. The van der Waals surface area contributed by atoms with Crippen LogP contribution in [0, 0.1) is 0 Å². The normalized spacial score (nSPS) is 17.6. The molecule has 10 heteroatoms. The molecular weight excluding hydrogens is 462 g/mol. The van der Waals surface area contributed by atoms with Crippen LogP contribution in [-0.2, 0) is 14.3 Å². The Morgan fingerprint density at radius 2 is 1.73 bits per heavy atom. The Balaban J connectivity index is 1.46. The molecule has 0 radical (unpaired) electrons. The second-order valence-corrected chi connectivity index (χ2v) is 9.18. The van der Waals surface area contributed by atoms with E-state index >= 15 is 0 Å². The molecule has 33 heavy (non-hydrogen) atoms. The topological polar surface area (TPSA) is 79.4 Å². The Morgan fingerprint density at radius 1 is 1.06 bits per heavy atom. The van der Waals surface area contributed by atoms with Crippen molar-refractivity contribution in [2.24, 2.45) is 0 Å². The molecule has 8 nitrogen and oxygen atoms in total. The van der Waals surface area contributed by atoms with Crippen LogP contribution in [0.4, 0.5) is 4.79 Å². The van der Waals surface area contributed by atoms with E-state index in [0.717, 1.165) is 11.3 Å². The monoisotopic (exact) mass is 491 g/mol. The van der Waals surface area contributed by atoms with Crippen molar-refractivity contribution < 1.29 is 23.9 Å². The van der Waals surface area contributed by atoms with E-state index in [1.54, 1.807) is 21.6 Å². The van der Waals surface area contributed by atoms with Gasteiger partial charge in [0, 0.05) is 39.1 Å². The van der Waals surface area contributed by atoms with E-state index < -0.39 is 0 Å². The van der Waals surface area contributed by atoms with Crippen LogP contribution in [0.25, 0.3) is 6.08 Å². The molecule has 0 unspecified atom stereocenters. The van der Waals surface area contributed by atoms with E-state index in [2.05, 4.69) is 0 Å². The Kier molecular flexibility index (Phi) is 9.13. The fourth-order valence-corrected chi connectivity index (χ4v) is 4.88. The number of nitrogens with zero attached hydrogens (tertiary/aromatic N) is 3. The Morgan fingerprint density at radius 3 is 2.36 bits per heavy atom. The van der Waals surface area contributed by atoms with E-state index in [1.807, 2.05) is 37.3 Å². The predicted molar refractivity (Wildman–Crippen MR) is 132 cm³/mol. The summed E-state index contributed by atoms with van der Waals surface area (Å²) in [4.78, 5) is 42.6. The van der Waals surface area contributed by atoms with E-state index in [-0.39, 0.29) is 17.9 Å². The van der Waals surface area contributed by atoms with E-state index in [4.69, 9.17) is 21.7 Å². The van der Waals surface area contributed by atoms with E-state index in [9.17, 15) is 14.4 Å². The molecule has 2 heterocycles. The number of hydrogen-bond acceptors (Lipinski definition) is 7. The number of hydrogen-bond donors (Lipinski definition) is 0. The summed E-state index contributed by atoms with van der Waals surface area (Å²) in [5, 5.41) is 0. The van der Waals surface area contributed by atoms with Crippen molar-refractivity contribution >= 4 is 52.3 Å². The number of thiocarbonyl (C=S) groups is 1. The van der Waals surface area contributed by atoms with Crippen LogP contribution < -0.4 is 4.74 Å². The largest absolute Gasteiger partial charge is 0.494 e. The lowest BCUT2D eigenvalue weighted by Gasteiger charge is -2.34. The van der Waals surface area contributed by atoms with Crippen molar-refractivity contribution in [3.63, 3.8) is 0 Å². The quantitative estimate of drug-likeness (QED) is 0.407. The summed E-state index contributed by atoms with van der Waals surface area (Å²) in [5.74, 6) is 0.678. The minimum absolute atomic E-state index is 0.0221. The Hall–Kier alpha value is -2.59. The number of ether oxygens (including phenoxy) is 2. The summed E-state index contributed by atoms with van der Waals surface area (Å²) in [5.41, 5.74) is 0.899. The van der Waals surface area contributed by atoms with Gasteiger partial charge in [0.25, 0.3) is 5.91 Å². The average Bonchev–Trinajstić information content (AvgIpc) is 3.08. The highest BCUT2D eigenvalue weighted by atomic mass is 32.2. The third kappa shape index (κ3) is 6.70. The zero-order valence-corrected chi connectivity index (χ0v) is 20.6. The standard InChI is InChI=1S/C23H29N3O5S2/c1-3-30-18-9-7-17(8-10-18)16-19-21(28)26(23(32)33-19)11-5-6-20(27)24-12-14-25(15-13-24)22(29)31-4-2/h7-10,16H,3-6,11-15H2,1-2H3/b19-16+. The number of amides is 3. The van der Waals surface area contributed by atoms with Gasteiger partial charge in [0.05, 0.1) is 18.1 Å². The molecule has 178 valence electrons. The van der Waals surface area contributed by atoms with Crippen molar-refractivity contribution in [2.45, 2.75) is 26.7 Å². The lowest BCUT2D eigenvalue weighted by atomic mass is 10.2. The van der Waals surface area contributed by atoms with Crippen molar-refractivity contribution in [3.8, 4) is 5.75 Å².